The van der Waals surface area contributed by atoms with Gasteiger partial charge >= 0.3 is 0 Å². The molecule has 0 radical (unpaired) electrons. The molecule has 27 heavy (non-hydrogen) atoms. The van der Waals surface area contributed by atoms with Crippen LogP contribution < -0.4 is 10.6 Å². The maximum absolute atomic E-state index is 5.92. The first-order valence-corrected chi connectivity index (χ1v) is 9.70. The first-order chi connectivity index (χ1) is 12.8. The Bertz CT molecular complexity index is 588. The van der Waals surface area contributed by atoms with Crippen molar-refractivity contribution in [2.45, 2.75) is 39.8 Å². The second kappa shape index (κ2) is 10.1. The molecule has 7 heteroatoms. The van der Waals surface area contributed by atoms with Crippen LogP contribution in [0, 0.1) is 12.3 Å². The van der Waals surface area contributed by atoms with E-state index in [1.807, 2.05) is 13.0 Å². The van der Waals surface area contributed by atoms with E-state index in [1.54, 1.807) is 14.2 Å². The lowest BCUT2D eigenvalue weighted by Gasteiger charge is -2.34. The molecular weight excluding hydrogens is 344 g/mol. The largest absolute Gasteiger partial charge is 0.465 e. The van der Waals surface area contributed by atoms with Crippen molar-refractivity contribution in [3.8, 4) is 0 Å². The van der Waals surface area contributed by atoms with Crippen molar-refractivity contribution < 1.29 is 13.9 Å². The Kier molecular flexibility index (Phi) is 8.13. The Morgan fingerprint density at radius 1 is 1.22 bits per heavy atom. The van der Waals surface area contributed by atoms with E-state index in [2.05, 4.69) is 47.4 Å². The van der Waals surface area contributed by atoms with Crippen molar-refractivity contribution in [2.24, 2.45) is 10.4 Å². The number of morpholine rings is 1. The van der Waals surface area contributed by atoms with E-state index in [-0.39, 0.29) is 17.6 Å². The zero-order valence-electron chi connectivity index (χ0n) is 17.7. The van der Waals surface area contributed by atoms with Gasteiger partial charge in [0.25, 0.3) is 0 Å². The van der Waals surface area contributed by atoms with Gasteiger partial charge in [-0.1, -0.05) is 20.8 Å². The second-order valence-corrected chi connectivity index (χ2v) is 8.04. The number of rotatable bonds is 7. The summed E-state index contributed by atoms with van der Waals surface area (Å²) in [5.74, 6) is 2.67. The lowest BCUT2D eigenvalue weighted by Crippen LogP contribution is -2.48. The number of nitrogens with zero attached hydrogens (tertiary/aromatic N) is 2. The molecule has 1 aliphatic rings. The van der Waals surface area contributed by atoms with Gasteiger partial charge in [0.1, 0.15) is 11.5 Å². The lowest BCUT2D eigenvalue weighted by molar-refractivity contribution is 0.0122. The van der Waals surface area contributed by atoms with E-state index >= 15 is 0 Å². The molecule has 2 unspecified atom stereocenters. The molecule has 0 saturated carbocycles. The van der Waals surface area contributed by atoms with E-state index in [1.165, 1.54) is 0 Å². The van der Waals surface area contributed by atoms with Gasteiger partial charge in [0.2, 0.25) is 0 Å². The predicted molar refractivity (Wildman–Crippen MR) is 108 cm³/mol. The predicted octanol–water partition coefficient (Wildman–Crippen LogP) is 2.19. The average Bonchev–Trinajstić information content (AvgIpc) is 3.06. The normalized spacial score (nSPS) is 19.0. The van der Waals surface area contributed by atoms with Crippen molar-refractivity contribution in [1.82, 2.24) is 15.5 Å². The maximum atomic E-state index is 5.92. The highest BCUT2D eigenvalue weighted by atomic mass is 16.5. The molecule has 7 nitrogen and oxygen atoms in total. The summed E-state index contributed by atoms with van der Waals surface area (Å²) in [6, 6.07) is 4.22. The van der Waals surface area contributed by atoms with E-state index in [0.29, 0.717) is 13.1 Å². The van der Waals surface area contributed by atoms with Crippen LogP contribution in [-0.2, 0) is 9.47 Å². The Labute approximate surface area is 163 Å². The van der Waals surface area contributed by atoms with Crippen molar-refractivity contribution >= 4 is 5.96 Å². The molecule has 0 bridgehead atoms. The number of aliphatic imine (C=N–C) groups is 1. The fourth-order valence-electron chi connectivity index (χ4n) is 3.28. The lowest BCUT2D eigenvalue weighted by atomic mass is 9.89. The number of furan rings is 1. The highest BCUT2D eigenvalue weighted by Gasteiger charge is 2.27. The minimum Gasteiger partial charge on any atom is -0.465 e. The fourth-order valence-corrected chi connectivity index (χ4v) is 3.28. The summed E-state index contributed by atoms with van der Waals surface area (Å²) in [7, 11) is 3.54. The van der Waals surface area contributed by atoms with Crippen molar-refractivity contribution in [1.29, 1.82) is 0 Å². The number of methoxy groups -OCH3 is 1. The molecule has 1 saturated heterocycles. The number of hydrogen-bond donors (Lipinski definition) is 2. The van der Waals surface area contributed by atoms with Gasteiger partial charge in [-0.2, -0.15) is 0 Å². The summed E-state index contributed by atoms with van der Waals surface area (Å²) >= 11 is 0. The summed E-state index contributed by atoms with van der Waals surface area (Å²) in [5, 5.41) is 6.83. The molecule has 2 atom stereocenters. The SMILES string of the molecule is CN=C(NCC(c1ccc(C)o1)N1CCOCC1)NCC(OC)C(C)(C)C. The minimum atomic E-state index is 0.0582. The van der Waals surface area contributed by atoms with Crippen LogP contribution in [0.2, 0.25) is 0 Å². The fraction of sp³-hybridized carbons (Fsp3) is 0.750. The molecule has 1 fully saturated rings. The van der Waals surface area contributed by atoms with Crippen molar-refractivity contribution in [3.05, 3.63) is 23.7 Å². The standard InChI is InChI=1S/C20H36N4O3/c1-15-7-8-17(27-15)16(24-9-11-26-12-10-24)13-22-19(21-5)23-14-18(25-6)20(2,3)4/h7-8,16,18H,9-14H2,1-6H3,(H2,21,22,23). The van der Waals surface area contributed by atoms with Crippen molar-refractivity contribution in [3.63, 3.8) is 0 Å². The molecular formula is C20H36N4O3. The van der Waals surface area contributed by atoms with Gasteiger partial charge in [-0.25, -0.2) is 0 Å². The van der Waals surface area contributed by atoms with Crippen LogP contribution in [0.15, 0.2) is 21.5 Å². The topological polar surface area (TPSA) is 71.3 Å². The molecule has 154 valence electrons. The molecule has 2 N–H and O–H groups in total. The molecule has 0 aromatic carbocycles. The van der Waals surface area contributed by atoms with Crippen LogP contribution in [0.4, 0.5) is 0 Å². The molecule has 0 amide bonds. The van der Waals surface area contributed by atoms with E-state index in [0.717, 1.165) is 43.8 Å². The Hall–Kier alpha value is -1.57. The quantitative estimate of drug-likeness (QED) is 0.558. The van der Waals surface area contributed by atoms with Crippen molar-refractivity contribution in [2.75, 3.05) is 53.6 Å². The van der Waals surface area contributed by atoms with Gasteiger partial charge < -0.3 is 24.5 Å². The smallest absolute Gasteiger partial charge is 0.191 e. The number of aryl methyl sites for hydroxylation is 1. The Balaban J connectivity index is 1.97. The summed E-state index contributed by atoms with van der Waals surface area (Å²) in [5.41, 5.74) is 0.0582. The summed E-state index contributed by atoms with van der Waals surface area (Å²) in [6.07, 6.45) is 0.0961. The highest BCUT2D eigenvalue weighted by Crippen LogP contribution is 2.23. The number of nitrogens with one attached hydrogen (secondary N) is 2. The van der Waals surface area contributed by atoms with Crippen LogP contribution in [0.5, 0.6) is 0 Å². The molecule has 0 spiro atoms. The van der Waals surface area contributed by atoms with Crippen LogP contribution in [0.25, 0.3) is 0 Å². The Morgan fingerprint density at radius 2 is 1.89 bits per heavy atom. The monoisotopic (exact) mass is 380 g/mol. The van der Waals surface area contributed by atoms with Gasteiger partial charge in [0.15, 0.2) is 5.96 Å². The third-order valence-corrected chi connectivity index (χ3v) is 4.97. The third kappa shape index (κ3) is 6.52. The van der Waals surface area contributed by atoms with Crippen LogP contribution in [0.3, 0.4) is 0 Å². The highest BCUT2D eigenvalue weighted by molar-refractivity contribution is 5.79. The molecule has 2 rings (SSSR count). The summed E-state index contributed by atoms with van der Waals surface area (Å²) < 4.78 is 17.0. The Morgan fingerprint density at radius 3 is 2.41 bits per heavy atom. The zero-order valence-corrected chi connectivity index (χ0v) is 17.7. The molecule has 0 aliphatic carbocycles. The van der Waals surface area contributed by atoms with Gasteiger partial charge in [-0.05, 0) is 24.5 Å². The van der Waals surface area contributed by atoms with Crippen LogP contribution in [0.1, 0.15) is 38.3 Å². The van der Waals surface area contributed by atoms with E-state index in [9.17, 15) is 0 Å². The van der Waals surface area contributed by atoms with Gasteiger partial charge in [-0.15, -0.1) is 0 Å². The van der Waals surface area contributed by atoms with Crippen LogP contribution in [-0.4, -0.2) is 70.5 Å². The van der Waals surface area contributed by atoms with E-state index < -0.39 is 0 Å². The number of ether oxygens (including phenoxy) is 2. The first-order valence-electron chi connectivity index (χ1n) is 9.70. The summed E-state index contributed by atoms with van der Waals surface area (Å²) in [4.78, 5) is 6.76. The second-order valence-electron chi connectivity index (χ2n) is 8.04. The molecule has 1 aromatic heterocycles. The zero-order chi connectivity index (χ0) is 19.9. The van der Waals surface area contributed by atoms with Gasteiger partial charge in [0, 0.05) is 40.3 Å². The van der Waals surface area contributed by atoms with Gasteiger partial charge in [0.05, 0.1) is 25.4 Å². The average molecular weight is 381 g/mol. The molecule has 2 heterocycles. The number of hydrogen-bond acceptors (Lipinski definition) is 5. The molecule has 1 aromatic rings. The minimum absolute atomic E-state index is 0.0582. The third-order valence-electron chi connectivity index (χ3n) is 4.97. The van der Waals surface area contributed by atoms with Crippen LogP contribution >= 0.6 is 0 Å². The molecule has 1 aliphatic heterocycles. The maximum Gasteiger partial charge on any atom is 0.191 e. The van der Waals surface area contributed by atoms with E-state index in [4.69, 9.17) is 13.9 Å². The summed E-state index contributed by atoms with van der Waals surface area (Å²) in [6.45, 7) is 13.2. The first kappa shape index (κ1) is 21.7. The van der Waals surface area contributed by atoms with Gasteiger partial charge in [-0.3, -0.25) is 9.89 Å². The number of guanidine groups is 1.